The molecule has 2 aromatic heterocycles. The molecule has 3 rings (SSSR count). The second-order valence-electron chi connectivity index (χ2n) is 9.83. The molecule has 0 aliphatic carbocycles. The number of hydrogen-bond donors (Lipinski definition) is 5. The Morgan fingerprint density at radius 1 is 1.00 bits per heavy atom. The highest BCUT2D eigenvalue weighted by molar-refractivity contribution is 6.08. The molecule has 42 heavy (non-hydrogen) atoms. The van der Waals surface area contributed by atoms with Gasteiger partial charge >= 0.3 is 0 Å². The minimum atomic E-state index is -0.394. The van der Waals surface area contributed by atoms with Crippen LogP contribution in [0.4, 0.5) is 23.1 Å². The van der Waals surface area contributed by atoms with E-state index in [0.717, 1.165) is 24.0 Å². The third kappa shape index (κ3) is 10.6. The summed E-state index contributed by atoms with van der Waals surface area (Å²) in [6.07, 6.45) is 9.73. The first kappa shape index (κ1) is 31.7. The summed E-state index contributed by atoms with van der Waals surface area (Å²) in [5.74, 6) is -0.293. The van der Waals surface area contributed by atoms with Gasteiger partial charge in [-0.05, 0) is 69.3 Å². The molecule has 0 fully saturated rings. The van der Waals surface area contributed by atoms with E-state index in [1.54, 1.807) is 36.7 Å². The van der Waals surface area contributed by atoms with Crippen LogP contribution < -0.4 is 26.6 Å². The molecule has 0 spiro atoms. The molecule has 2 heterocycles. The standard InChI is InChI=1S/C30H39N9O3/c1-5-13-32-28-24(19-35-30(38-28)33-16-12-22-10-14-31-15-11-22)29(42)36-23-9-8-21(2)25(18-23)37-27(41)20-34-26(40)7-6-17-39(3)4/h6-11,14-15,18-19H,5,12-13,16-17,20H2,1-4H3,(H,34,40)(H,36,42)(H,37,41)(H2,32,33,35,38)/b7-6+. The van der Waals surface area contributed by atoms with Crippen LogP contribution in [0.3, 0.4) is 0 Å². The summed E-state index contributed by atoms with van der Waals surface area (Å²) in [4.78, 5) is 52.4. The predicted molar refractivity (Wildman–Crippen MR) is 166 cm³/mol. The summed E-state index contributed by atoms with van der Waals surface area (Å²) >= 11 is 0. The van der Waals surface area contributed by atoms with Crippen molar-refractivity contribution in [1.29, 1.82) is 0 Å². The number of nitrogens with zero attached hydrogens (tertiary/aromatic N) is 4. The Bertz CT molecular complexity index is 1380. The van der Waals surface area contributed by atoms with Crippen LogP contribution in [0.25, 0.3) is 0 Å². The van der Waals surface area contributed by atoms with Crippen LogP contribution in [0.15, 0.2) is 61.1 Å². The molecule has 12 nitrogen and oxygen atoms in total. The number of benzene rings is 1. The number of amides is 3. The zero-order valence-corrected chi connectivity index (χ0v) is 24.5. The average molecular weight is 574 g/mol. The van der Waals surface area contributed by atoms with Crippen LogP contribution in [0.2, 0.25) is 0 Å². The van der Waals surface area contributed by atoms with Crippen molar-refractivity contribution in [3.63, 3.8) is 0 Å². The van der Waals surface area contributed by atoms with Crippen LogP contribution in [-0.2, 0) is 16.0 Å². The van der Waals surface area contributed by atoms with E-state index in [4.69, 9.17) is 0 Å². The fourth-order valence-electron chi connectivity index (χ4n) is 3.70. The molecule has 0 radical (unpaired) electrons. The van der Waals surface area contributed by atoms with E-state index >= 15 is 0 Å². The Morgan fingerprint density at radius 2 is 1.79 bits per heavy atom. The SMILES string of the molecule is CCCNc1nc(NCCc2ccncc2)ncc1C(=O)Nc1ccc(C)c(NC(=O)CNC(=O)/C=C/CN(C)C)c1. The molecule has 0 saturated carbocycles. The van der Waals surface area contributed by atoms with Crippen LogP contribution >= 0.6 is 0 Å². The third-order valence-electron chi connectivity index (χ3n) is 5.95. The van der Waals surface area contributed by atoms with Gasteiger partial charge in [0.25, 0.3) is 5.91 Å². The summed E-state index contributed by atoms with van der Waals surface area (Å²) in [6.45, 7) is 5.55. The number of nitrogens with one attached hydrogen (secondary N) is 5. The maximum absolute atomic E-state index is 13.2. The molecule has 0 atom stereocenters. The fraction of sp³-hybridized carbons (Fsp3) is 0.333. The van der Waals surface area contributed by atoms with E-state index in [1.165, 1.54) is 12.3 Å². The first-order valence-electron chi connectivity index (χ1n) is 13.8. The molecule has 1 aromatic carbocycles. The van der Waals surface area contributed by atoms with E-state index in [1.807, 2.05) is 45.0 Å². The van der Waals surface area contributed by atoms with Crippen molar-refractivity contribution in [3.8, 4) is 0 Å². The number of carbonyl (C=O) groups is 3. The van der Waals surface area contributed by atoms with Crippen molar-refractivity contribution in [3.05, 3.63) is 77.8 Å². The highest BCUT2D eigenvalue weighted by Gasteiger charge is 2.16. The van der Waals surface area contributed by atoms with Crippen molar-refractivity contribution < 1.29 is 14.4 Å². The van der Waals surface area contributed by atoms with Gasteiger partial charge in [0.15, 0.2) is 0 Å². The Labute approximate surface area is 246 Å². The van der Waals surface area contributed by atoms with Crippen LogP contribution in [0.1, 0.15) is 34.8 Å². The smallest absolute Gasteiger partial charge is 0.260 e. The molecule has 0 unspecified atom stereocenters. The van der Waals surface area contributed by atoms with Crippen molar-refractivity contribution in [2.75, 3.05) is 61.5 Å². The van der Waals surface area contributed by atoms with Crippen molar-refractivity contribution in [2.45, 2.75) is 26.7 Å². The van der Waals surface area contributed by atoms with E-state index in [-0.39, 0.29) is 18.4 Å². The molecular weight excluding hydrogens is 534 g/mol. The Balaban J connectivity index is 1.62. The van der Waals surface area contributed by atoms with E-state index in [0.29, 0.717) is 48.3 Å². The highest BCUT2D eigenvalue weighted by atomic mass is 16.2. The summed E-state index contributed by atoms with van der Waals surface area (Å²) in [6, 6.07) is 9.11. The number of aryl methyl sites for hydroxylation is 1. The number of likely N-dealkylation sites (N-methyl/N-ethyl adjacent to an activating group) is 1. The molecule has 3 amide bonds. The van der Waals surface area contributed by atoms with Crippen LogP contribution in [0.5, 0.6) is 0 Å². The third-order valence-corrected chi connectivity index (χ3v) is 5.95. The van der Waals surface area contributed by atoms with Crippen molar-refractivity contribution in [2.24, 2.45) is 0 Å². The maximum Gasteiger partial charge on any atom is 0.260 e. The second kappa shape index (κ2) is 16.4. The average Bonchev–Trinajstić information content (AvgIpc) is 2.97. The second-order valence-corrected chi connectivity index (χ2v) is 9.83. The quantitative estimate of drug-likeness (QED) is 0.173. The number of carbonyl (C=O) groups excluding carboxylic acids is 3. The molecule has 0 saturated heterocycles. The Kier molecular flexibility index (Phi) is 12.4. The number of pyridine rings is 1. The topological polar surface area (TPSA) is 153 Å². The molecule has 12 heteroatoms. The van der Waals surface area contributed by atoms with Crippen LogP contribution in [0, 0.1) is 6.92 Å². The van der Waals surface area contributed by atoms with Gasteiger partial charge in [-0.25, -0.2) is 4.98 Å². The zero-order chi connectivity index (χ0) is 30.3. The van der Waals surface area contributed by atoms with Gasteiger partial charge in [0.2, 0.25) is 17.8 Å². The number of anilines is 4. The molecular formula is C30H39N9O3. The molecule has 5 N–H and O–H groups in total. The van der Waals surface area contributed by atoms with E-state index in [9.17, 15) is 14.4 Å². The van der Waals surface area contributed by atoms with Crippen LogP contribution in [-0.4, -0.2) is 77.8 Å². The van der Waals surface area contributed by atoms with E-state index < -0.39 is 5.91 Å². The molecule has 0 bridgehead atoms. The van der Waals surface area contributed by atoms with Gasteiger partial charge in [-0.2, -0.15) is 4.98 Å². The monoisotopic (exact) mass is 573 g/mol. The molecule has 0 aliphatic rings. The summed E-state index contributed by atoms with van der Waals surface area (Å²) in [5.41, 5.74) is 3.24. The number of aromatic nitrogens is 3. The van der Waals surface area contributed by atoms with E-state index in [2.05, 4.69) is 41.5 Å². The van der Waals surface area contributed by atoms with Gasteiger partial charge in [-0.15, -0.1) is 0 Å². The Hall–Kier alpha value is -4.84. The normalized spacial score (nSPS) is 10.9. The largest absolute Gasteiger partial charge is 0.369 e. The number of hydrogen-bond acceptors (Lipinski definition) is 9. The lowest BCUT2D eigenvalue weighted by molar-refractivity contribution is -0.121. The Morgan fingerprint density at radius 3 is 2.52 bits per heavy atom. The first-order valence-corrected chi connectivity index (χ1v) is 13.8. The molecule has 3 aromatic rings. The summed E-state index contributed by atoms with van der Waals surface area (Å²) in [5, 5.41) is 14.6. The van der Waals surface area contributed by atoms with Gasteiger partial charge in [0.05, 0.1) is 6.54 Å². The lowest BCUT2D eigenvalue weighted by Crippen LogP contribution is -2.32. The van der Waals surface area contributed by atoms with Gasteiger partial charge in [0.1, 0.15) is 11.4 Å². The summed E-state index contributed by atoms with van der Waals surface area (Å²) in [7, 11) is 3.79. The first-order chi connectivity index (χ1) is 20.2. The number of rotatable bonds is 15. The molecule has 222 valence electrons. The van der Waals surface area contributed by atoms with Gasteiger partial charge < -0.3 is 31.5 Å². The predicted octanol–water partition coefficient (Wildman–Crippen LogP) is 3.08. The maximum atomic E-state index is 13.2. The zero-order valence-electron chi connectivity index (χ0n) is 24.5. The summed E-state index contributed by atoms with van der Waals surface area (Å²) < 4.78 is 0. The fourth-order valence-corrected chi connectivity index (χ4v) is 3.70. The van der Waals surface area contributed by atoms with Gasteiger partial charge in [-0.3, -0.25) is 19.4 Å². The lowest BCUT2D eigenvalue weighted by Gasteiger charge is -2.14. The minimum Gasteiger partial charge on any atom is -0.369 e. The molecule has 0 aliphatic heterocycles. The highest BCUT2D eigenvalue weighted by Crippen LogP contribution is 2.22. The lowest BCUT2D eigenvalue weighted by atomic mass is 10.1. The minimum absolute atomic E-state index is 0.187. The van der Waals surface area contributed by atoms with Crippen molar-refractivity contribution >= 4 is 40.9 Å². The van der Waals surface area contributed by atoms with Crippen molar-refractivity contribution in [1.82, 2.24) is 25.2 Å². The van der Waals surface area contributed by atoms with Gasteiger partial charge in [0, 0.05) is 55.7 Å². The van der Waals surface area contributed by atoms with Gasteiger partial charge in [-0.1, -0.05) is 19.1 Å².